The number of fused-ring (bicyclic) bond motifs is 1. The molecule has 0 bridgehead atoms. The molecule has 3 rings (SSSR count). The van der Waals surface area contributed by atoms with Gasteiger partial charge in [-0.05, 0) is 24.6 Å². The molecule has 6 nitrogen and oxygen atoms in total. The van der Waals surface area contributed by atoms with E-state index in [-0.39, 0.29) is 19.1 Å². The largest absolute Gasteiger partial charge is 0.462 e. The van der Waals surface area contributed by atoms with Crippen LogP contribution in [0.15, 0.2) is 48.9 Å². The van der Waals surface area contributed by atoms with Crippen molar-refractivity contribution < 1.29 is 9.53 Å². The van der Waals surface area contributed by atoms with Crippen LogP contribution >= 0.6 is 0 Å². The quantitative estimate of drug-likeness (QED) is 0.559. The summed E-state index contributed by atoms with van der Waals surface area (Å²) in [4.78, 5) is 20.0. The van der Waals surface area contributed by atoms with Gasteiger partial charge in [-0.3, -0.25) is 4.79 Å². The molecule has 0 spiro atoms. The molecule has 0 fully saturated rings. The lowest BCUT2D eigenvalue weighted by atomic mass is 10.2. The van der Waals surface area contributed by atoms with Crippen LogP contribution in [0.4, 0.5) is 5.95 Å². The van der Waals surface area contributed by atoms with Crippen LogP contribution in [-0.2, 0) is 16.1 Å². The lowest BCUT2D eigenvalue weighted by molar-refractivity contribution is -0.143. The molecule has 1 N–H and O–H groups in total. The summed E-state index contributed by atoms with van der Waals surface area (Å²) in [5.74, 6) is 0.261. The fourth-order valence-corrected chi connectivity index (χ4v) is 2.46. The number of aromatic nitrogens is 3. The zero-order valence-corrected chi connectivity index (χ0v) is 12.9. The first-order valence-corrected chi connectivity index (χ1v) is 7.45. The molecule has 0 aliphatic heterocycles. The number of rotatable bonds is 6. The second-order valence-corrected chi connectivity index (χ2v) is 5.18. The molecular formula is C17H18N4O2. The van der Waals surface area contributed by atoms with Crippen LogP contribution < -0.4 is 5.32 Å². The minimum absolute atomic E-state index is 0.205. The van der Waals surface area contributed by atoms with Crippen molar-refractivity contribution in [1.82, 2.24) is 14.5 Å². The van der Waals surface area contributed by atoms with Gasteiger partial charge in [-0.1, -0.05) is 18.2 Å². The van der Waals surface area contributed by atoms with E-state index in [1.54, 1.807) is 18.5 Å². The molecule has 3 aromatic rings. The Morgan fingerprint density at radius 3 is 2.83 bits per heavy atom. The standard InChI is InChI=1S/C17H18N4O2/c1-13-11-21(15-6-3-2-5-14(13)15)12-16(22)23-10-9-20-17-18-7-4-8-19-17/h2-8,11H,9-10,12H2,1H3,(H,18,19,20). The first-order valence-electron chi connectivity index (χ1n) is 7.45. The summed E-state index contributed by atoms with van der Waals surface area (Å²) in [6.45, 7) is 2.99. The molecule has 2 heterocycles. The van der Waals surface area contributed by atoms with Gasteiger partial charge >= 0.3 is 5.97 Å². The van der Waals surface area contributed by atoms with Gasteiger partial charge in [0, 0.05) is 29.5 Å². The average Bonchev–Trinajstić information content (AvgIpc) is 2.89. The highest BCUT2D eigenvalue weighted by Gasteiger charge is 2.09. The third-order valence-electron chi connectivity index (χ3n) is 3.50. The highest BCUT2D eigenvalue weighted by Crippen LogP contribution is 2.20. The maximum absolute atomic E-state index is 12.0. The van der Waals surface area contributed by atoms with Gasteiger partial charge in [-0.25, -0.2) is 9.97 Å². The first kappa shape index (κ1) is 15.0. The average molecular weight is 310 g/mol. The Labute approximate surface area is 134 Å². The second kappa shape index (κ2) is 6.91. The van der Waals surface area contributed by atoms with E-state index < -0.39 is 0 Å². The molecular weight excluding hydrogens is 292 g/mol. The molecule has 6 heteroatoms. The van der Waals surface area contributed by atoms with Crippen molar-refractivity contribution in [3.05, 3.63) is 54.5 Å². The molecule has 118 valence electrons. The summed E-state index contributed by atoms with van der Waals surface area (Å²) in [6, 6.07) is 9.76. The number of benzene rings is 1. The van der Waals surface area contributed by atoms with Crippen molar-refractivity contribution in [2.24, 2.45) is 0 Å². The van der Waals surface area contributed by atoms with Crippen LogP contribution in [0.2, 0.25) is 0 Å². The highest BCUT2D eigenvalue weighted by atomic mass is 16.5. The first-order chi connectivity index (χ1) is 11.2. The third kappa shape index (κ3) is 3.66. The van der Waals surface area contributed by atoms with E-state index in [1.807, 2.05) is 35.9 Å². The number of nitrogens with one attached hydrogen (secondary N) is 1. The molecule has 0 aliphatic carbocycles. The molecule has 0 amide bonds. The Kier molecular flexibility index (Phi) is 4.52. The normalized spacial score (nSPS) is 10.7. The SMILES string of the molecule is Cc1cn(CC(=O)OCCNc2ncccn2)c2ccccc12. The van der Waals surface area contributed by atoms with Gasteiger partial charge in [0.15, 0.2) is 0 Å². The minimum Gasteiger partial charge on any atom is -0.462 e. The van der Waals surface area contributed by atoms with Crippen molar-refractivity contribution in [2.45, 2.75) is 13.5 Å². The summed E-state index contributed by atoms with van der Waals surface area (Å²) in [6.07, 6.45) is 5.28. The predicted molar refractivity (Wildman–Crippen MR) is 88.2 cm³/mol. The molecule has 23 heavy (non-hydrogen) atoms. The number of nitrogens with zero attached hydrogens (tertiary/aromatic N) is 3. The van der Waals surface area contributed by atoms with E-state index in [4.69, 9.17) is 4.74 Å². The predicted octanol–water partition coefficient (Wildman–Crippen LogP) is 2.40. The zero-order valence-electron chi connectivity index (χ0n) is 12.9. The van der Waals surface area contributed by atoms with Crippen molar-refractivity contribution in [1.29, 1.82) is 0 Å². The van der Waals surface area contributed by atoms with Crippen LogP contribution in [0, 0.1) is 6.92 Å². The van der Waals surface area contributed by atoms with Crippen molar-refractivity contribution in [2.75, 3.05) is 18.5 Å². The van der Waals surface area contributed by atoms with E-state index in [2.05, 4.69) is 21.4 Å². The number of hydrogen-bond acceptors (Lipinski definition) is 5. The number of aryl methyl sites for hydroxylation is 1. The van der Waals surface area contributed by atoms with Crippen LogP contribution in [0.1, 0.15) is 5.56 Å². The number of carbonyl (C=O) groups excluding carboxylic acids is 1. The highest BCUT2D eigenvalue weighted by molar-refractivity contribution is 5.85. The molecule has 0 radical (unpaired) electrons. The van der Waals surface area contributed by atoms with Gasteiger partial charge in [0.25, 0.3) is 0 Å². The Balaban J connectivity index is 1.51. The number of ether oxygens (including phenoxy) is 1. The summed E-state index contributed by atoms with van der Waals surface area (Å²) in [5.41, 5.74) is 2.19. The van der Waals surface area contributed by atoms with E-state index >= 15 is 0 Å². The Morgan fingerprint density at radius 1 is 1.22 bits per heavy atom. The van der Waals surface area contributed by atoms with Crippen molar-refractivity contribution in [3.63, 3.8) is 0 Å². The lowest BCUT2D eigenvalue weighted by Crippen LogP contribution is -2.18. The van der Waals surface area contributed by atoms with E-state index in [0.29, 0.717) is 12.5 Å². The summed E-state index contributed by atoms with van der Waals surface area (Å²) in [7, 11) is 0. The topological polar surface area (TPSA) is 69.0 Å². The van der Waals surface area contributed by atoms with E-state index in [1.165, 1.54) is 0 Å². The molecule has 0 unspecified atom stereocenters. The number of esters is 1. The lowest BCUT2D eigenvalue weighted by Gasteiger charge is -2.07. The molecule has 0 saturated heterocycles. The number of anilines is 1. The van der Waals surface area contributed by atoms with Crippen LogP contribution in [0.5, 0.6) is 0 Å². The van der Waals surface area contributed by atoms with Gasteiger partial charge in [-0.2, -0.15) is 0 Å². The minimum atomic E-state index is -0.262. The number of carbonyl (C=O) groups is 1. The van der Waals surface area contributed by atoms with Crippen molar-refractivity contribution >= 4 is 22.8 Å². The second-order valence-electron chi connectivity index (χ2n) is 5.18. The molecule has 0 atom stereocenters. The van der Waals surface area contributed by atoms with Crippen molar-refractivity contribution in [3.8, 4) is 0 Å². The van der Waals surface area contributed by atoms with E-state index in [9.17, 15) is 4.79 Å². The maximum atomic E-state index is 12.0. The molecule has 0 saturated carbocycles. The maximum Gasteiger partial charge on any atom is 0.326 e. The van der Waals surface area contributed by atoms with Gasteiger partial charge < -0.3 is 14.6 Å². The molecule has 1 aromatic carbocycles. The Morgan fingerprint density at radius 2 is 2.00 bits per heavy atom. The monoisotopic (exact) mass is 310 g/mol. The van der Waals surface area contributed by atoms with Crippen LogP contribution in [0.3, 0.4) is 0 Å². The van der Waals surface area contributed by atoms with Crippen LogP contribution in [0.25, 0.3) is 10.9 Å². The summed E-state index contributed by atoms with van der Waals surface area (Å²) < 4.78 is 7.17. The summed E-state index contributed by atoms with van der Waals surface area (Å²) in [5, 5.41) is 4.15. The van der Waals surface area contributed by atoms with Gasteiger partial charge in [-0.15, -0.1) is 0 Å². The third-order valence-corrected chi connectivity index (χ3v) is 3.50. The zero-order chi connectivity index (χ0) is 16.1. The number of hydrogen-bond donors (Lipinski definition) is 1. The van der Waals surface area contributed by atoms with Crippen LogP contribution in [-0.4, -0.2) is 33.7 Å². The molecule has 2 aromatic heterocycles. The van der Waals surface area contributed by atoms with Gasteiger partial charge in [0.05, 0.1) is 6.54 Å². The Bertz CT molecular complexity index is 799. The van der Waals surface area contributed by atoms with E-state index in [0.717, 1.165) is 16.5 Å². The fourth-order valence-electron chi connectivity index (χ4n) is 2.46. The summed E-state index contributed by atoms with van der Waals surface area (Å²) >= 11 is 0. The fraction of sp³-hybridized carbons (Fsp3) is 0.235. The number of para-hydroxylation sites is 1. The molecule has 0 aliphatic rings. The smallest absolute Gasteiger partial charge is 0.326 e. The van der Waals surface area contributed by atoms with Gasteiger partial charge in [0.2, 0.25) is 5.95 Å². The Hall–Kier alpha value is -2.89. The van der Waals surface area contributed by atoms with Gasteiger partial charge in [0.1, 0.15) is 13.2 Å².